The highest BCUT2D eigenvalue weighted by atomic mass is 32.1. The quantitative estimate of drug-likeness (QED) is 0.715. The van der Waals surface area contributed by atoms with Crippen molar-refractivity contribution >= 4 is 23.1 Å². The smallest absolute Gasteiger partial charge is 0.255 e. The van der Waals surface area contributed by atoms with Crippen molar-refractivity contribution in [1.82, 2.24) is 10.3 Å². The molecule has 2 heterocycles. The van der Waals surface area contributed by atoms with E-state index in [2.05, 4.69) is 15.6 Å². The summed E-state index contributed by atoms with van der Waals surface area (Å²) >= 11 is 1.51. The Kier molecular flexibility index (Phi) is 5.08. The third-order valence-electron chi connectivity index (χ3n) is 3.31. The van der Waals surface area contributed by atoms with Crippen LogP contribution in [-0.2, 0) is 6.54 Å². The molecule has 24 heavy (non-hydrogen) atoms. The van der Waals surface area contributed by atoms with Crippen LogP contribution < -0.4 is 15.4 Å². The van der Waals surface area contributed by atoms with Crippen LogP contribution in [0, 0.1) is 0 Å². The van der Waals surface area contributed by atoms with E-state index in [9.17, 15) is 4.79 Å². The number of ether oxygens (including phenoxy) is 1. The second-order valence-electron chi connectivity index (χ2n) is 4.97. The molecule has 6 heteroatoms. The Bertz CT molecular complexity index is 818. The normalized spacial score (nSPS) is 10.2. The molecule has 0 aliphatic heterocycles. The van der Waals surface area contributed by atoms with Gasteiger partial charge >= 0.3 is 0 Å². The molecule has 2 N–H and O–H groups in total. The second kappa shape index (κ2) is 7.61. The van der Waals surface area contributed by atoms with Gasteiger partial charge in [-0.1, -0.05) is 18.2 Å². The first kappa shape index (κ1) is 16.0. The number of para-hydroxylation sites is 1. The molecule has 0 atom stereocenters. The highest BCUT2D eigenvalue weighted by Crippen LogP contribution is 2.29. The number of pyridine rings is 1. The summed E-state index contributed by atoms with van der Waals surface area (Å²) in [6.45, 7) is 0.444. The van der Waals surface area contributed by atoms with Crippen LogP contribution in [0.4, 0.5) is 5.82 Å². The van der Waals surface area contributed by atoms with Crippen molar-refractivity contribution in [2.45, 2.75) is 6.54 Å². The first-order chi connectivity index (χ1) is 11.8. The number of thiophene rings is 1. The standard InChI is InChI=1S/C18H17N3O2S/c1-19-17-15(8-5-11-20-17)18(22)21-12-14-9-10-16(24-14)23-13-6-3-2-4-7-13/h2-11H,12H2,1H3,(H,19,20)(H,21,22). The first-order valence-corrected chi connectivity index (χ1v) is 8.30. The SMILES string of the molecule is CNc1ncccc1C(=O)NCc1ccc(Oc2ccccc2)s1. The second-order valence-corrected chi connectivity index (χ2v) is 6.10. The summed E-state index contributed by atoms with van der Waals surface area (Å²) in [5.74, 6) is 1.20. The number of anilines is 1. The van der Waals surface area contributed by atoms with Gasteiger partial charge in [0.2, 0.25) is 0 Å². The number of nitrogens with one attached hydrogen (secondary N) is 2. The van der Waals surface area contributed by atoms with Gasteiger partial charge in [-0.2, -0.15) is 0 Å². The summed E-state index contributed by atoms with van der Waals surface area (Å²) in [5.41, 5.74) is 0.525. The number of rotatable bonds is 6. The third-order valence-corrected chi connectivity index (χ3v) is 4.27. The van der Waals surface area contributed by atoms with Crippen molar-refractivity contribution in [2.24, 2.45) is 0 Å². The molecule has 0 aliphatic carbocycles. The molecule has 1 amide bonds. The van der Waals surface area contributed by atoms with Crippen LogP contribution in [0.5, 0.6) is 10.8 Å². The third kappa shape index (κ3) is 3.91. The number of nitrogens with zero attached hydrogens (tertiary/aromatic N) is 1. The van der Waals surface area contributed by atoms with E-state index in [0.717, 1.165) is 15.7 Å². The molecule has 1 aromatic carbocycles. The van der Waals surface area contributed by atoms with Crippen LogP contribution in [0.15, 0.2) is 60.8 Å². The van der Waals surface area contributed by atoms with Crippen molar-refractivity contribution in [2.75, 3.05) is 12.4 Å². The van der Waals surface area contributed by atoms with Crippen molar-refractivity contribution in [1.29, 1.82) is 0 Å². The van der Waals surface area contributed by atoms with Gasteiger partial charge in [-0.25, -0.2) is 4.98 Å². The number of amides is 1. The van der Waals surface area contributed by atoms with E-state index in [1.165, 1.54) is 11.3 Å². The zero-order valence-corrected chi connectivity index (χ0v) is 14.0. The predicted octanol–water partition coefficient (Wildman–Crippen LogP) is 3.91. The molecule has 3 rings (SSSR count). The van der Waals surface area contributed by atoms with E-state index in [1.807, 2.05) is 42.5 Å². The fourth-order valence-corrected chi connectivity index (χ4v) is 2.98. The lowest BCUT2D eigenvalue weighted by Gasteiger charge is -2.07. The van der Waals surface area contributed by atoms with Gasteiger partial charge in [-0.05, 0) is 36.4 Å². The number of carbonyl (C=O) groups excluding carboxylic acids is 1. The summed E-state index contributed by atoms with van der Waals surface area (Å²) < 4.78 is 5.77. The molecule has 2 aromatic heterocycles. The lowest BCUT2D eigenvalue weighted by atomic mass is 10.2. The molecule has 0 radical (unpaired) electrons. The van der Waals surface area contributed by atoms with Crippen LogP contribution in [0.3, 0.4) is 0 Å². The molecule has 0 saturated heterocycles. The summed E-state index contributed by atoms with van der Waals surface area (Å²) in [6, 6.07) is 17.0. The molecule has 0 saturated carbocycles. The Morgan fingerprint density at radius 2 is 1.96 bits per heavy atom. The van der Waals surface area contributed by atoms with Crippen LogP contribution in [-0.4, -0.2) is 17.9 Å². The Morgan fingerprint density at radius 1 is 1.12 bits per heavy atom. The number of carbonyl (C=O) groups is 1. The summed E-state index contributed by atoms with van der Waals surface area (Å²) in [5, 5.41) is 6.61. The molecule has 122 valence electrons. The topological polar surface area (TPSA) is 63.2 Å². The van der Waals surface area contributed by atoms with Gasteiger partial charge in [0.25, 0.3) is 5.91 Å². The maximum Gasteiger partial charge on any atom is 0.255 e. The Balaban J connectivity index is 1.60. The molecule has 5 nitrogen and oxygen atoms in total. The monoisotopic (exact) mass is 339 g/mol. The minimum atomic E-state index is -0.161. The van der Waals surface area contributed by atoms with Crippen LogP contribution in [0.2, 0.25) is 0 Å². The van der Waals surface area contributed by atoms with E-state index in [1.54, 1.807) is 25.4 Å². The fraction of sp³-hybridized carbons (Fsp3) is 0.111. The van der Waals surface area contributed by atoms with Crippen molar-refractivity contribution in [3.05, 3.63) is 71.2 Å². The molecule has 0 unspecified atom stereocenters. The molecule has 0 bridgehead atoms. The zero-order chi connectivity index (χ0) is 16.8. The van der Waals surface area contributed by atoms with Crippen molar-refractivity contribution < 1.29 is 9.53 Å². The van der Waals surface area contributed by atoms with Gasteiger partial charge in [0.05, 0.1) is 12.1 Å². The molecule has 0 spiro atoms. The number of hydrogen-bond donors (Lipinski definition) is 2. The van der Waals surface area contributed by atoms with Crippen molar-refractivity contribution in [3.8, 4) is 10.8 Å². The van der Waals surface area contributed by atoms with Crippen molar-refractivity contribution in [3.63, 3.8) is 0 Å². The van der Waals surface area contributed by atoms with Gasteiger partial charge in [-0.3, -0.25) is 4.79 Å². The highest BCUT2D eigenvalue weighted by molar-refractivity contribution is 7.13. The minimum absolute atomic E-state index is 0.161. The number of benzene rings is 1. The Morgan fingerprint density at radius 3 is 2.75 bits per heavy atom. The lowest BCUT2D eigenvalue weighted by molar-refractivity contribution is 0.0952. The van der Waals surface area contributed by atoms with E-state index < -0.39 is 0 Å². The Labute approximate surface area is 144 Å². The summed E-state index contributed by atoms with van der Waals surface area (Å²) in [6.07, 6.45) is 1.65. The zero-order valence-electron chi connectivity index (χ0n) is 13.2. The summed E-state index contributed by atoms with van der Waals surface area (Å²) in [7, 11) is 1.74. The van der Waals surface area contributed by atoms with Crippen LogP contribution in [0.1, 0.15) is 15.2 Å². The largest absolute Gasteiger partial charge is 0.447 e. The van der Waals surface area contributed by atoms with Crippen LogP contribution in [0.25, 0.3) is 0 Å². The molecular weight excluding hydrogens is 322 g/mol. The maximum atomic E-state index is 12.3. The first-order valence-electron chi connectivity index (χ1n) is 7.49. The molecule has 3 aromatic rings. The lowest BCUT2D eigenvalue weighted by Crippen LogP contribution is -2.23. The summed E-state index contributed by atoms with van der Waals surface area (Å²) in [4.78, 5) is 17.4. The van der Waals surface area contributed by atoms with Gasteiger partial charge in [0.15, 0.2) is 5.06 Å². The van der Waals surface area contributed by atoms with E-state index in [-0.39, 0.29) is 5.91 Å². The van der Waals surface area contributed by atoms with Gasteiger partial charge < -0.3 is 15.4 Å². The Hall–Kier alpha value is -2.86. The van der Waals surface area contributed by atoms with Crippen LogP contribution >= 0.6 is 11.3 Å². The predicted molar refractivity (Wildman–Crippen MR) is 95.8 cm³/mol. The highest BCUT2D eigenvalue weighted by Gasteiger charge is 2.11. The van der Waals surface area contributed by atoms with E-state index in [0.29, 0.717) is 17.9 Å². The molecule has 0 fully saturated rings. The fourth-order valence-electron chi connectivity index (χ4n) is 2.16. The maximum absolute atomic E-state index is 12.3. The molecular formula is C18H17N3O2S. The minimum Gasteiger partial charge on any atom is -0.447 e. The van der Waals surface area contributed by atoms with Gasteiger partial charge in [0, 0.05) is 18.1 Å². The average molecular weight is 339 g/mol. The van der Waals surface area contributed by atoms with E-state index >= 15 is 0 Å². The van der Waals surface area contributed by atoms with E-state index in [4.69, 9.17) is 4.74 Å². The number of hydrogen-bond acceptors (Lipinski definition) is 5. The average Bonchev–Trinajstić information content (AvgIpc) is 3.08. The molecule has 0 aliphatic rings. The van der Waals surface area contributed by atoms with Gasteiger partial charge in [0.1, 0.15) is 11.6 Å². The van der Waals surface area contributed by atoms with Gasteiger partial charge in [-0.15, -0.1) is 11.3 Å². The number of aromatic nitrogens is 1.